The van der Waals surface area contributed by atoms with Gasteiger partial charge in [-0.25, -0.2) is 8.42 Å². The summed E-state index contributed by atoms with van der Waals surface area (Å²) in [6.07, 6.45) is 1.56. The molecule has 3 rings (SSSR count). The third kappa shape index (κ3) is 4.81. The molecule has 1 amide bonds. The van der Waals surface area contributed by atoms with Gasteiger partial charge in [-0.15, -0.1) is 0 Å². The van der Waals surface area contributed by atoms with Gasteiger partial charge in [-0.1, -0.05) is 37.6 Å². The fourth-order valence-electron chi connectivity index (χ4n) is 3.86. The van der Waals surface area contributed by atoms with Crippen LogP contribution in [0.15, 0.2) is 42.5 Å². The van der Waals surface area contributed by atoms with Gasteiger partial charge in [0.2, 0.25) is 10.0 Å². The summed E-state index contributed by atoms with van der Waals surface area (Å²) in [7, 11) is -3.25. The molecule has 1 fully saturated rings. The predicted octanol–water partition coefficient (Wildman–Crippen LogP) is 4.36. The number of carbonyl (C=O) groups excluding carboxylic acids is 1. The number of sulfonamides is 1. The fraction of sp³-hybridized carbons (Fsp3) is 0.435. The van der Waals surface area contributed by atoms with Gasteiger partial charge in [0.15, 0.2) is 0 Å². The Morgan fingerprint density at radius 1 is 1.03 bits per heavy atom. The van der Waals surface area contributed by atoms with Crippen LogP contribution in [0.4, 0.5) is 5.69 Å². The van der Waals surface area contributed by atoms with E-state index in [1.165, 1.54) is 9.87 Å². The molecular weight excluding hydrogens is 384 g/mol. The van der Waals surface area contributed by atoms with Crippen LogP contribution in [0.2, 0.25) is 0 Å². The minimum Gasteiger partial charge on any atom is -0.345 e. The number of anilines is 1. The molecule has 1 unspecified atom stereocenters. The van der Waals surface area contributed by atoms with Crippen LogP contribution in [0.25, 0.3) is 0 Å². The van der Waals surface area contributed by atoms with E-state index in [0.717, 1.165) is 17.5 Å². The fourth-order valence-corrected chi connectivity index (χ4v) is 5.50. The molecule has 0 bridgehead atoms. The Bertz CT molecular complexity index is 982. The smallest absolute Gasteiger partial charge is 0.251 e. The van der Waals surface area contributed by atoms with Crippen LogP contribution in [-0.4, -0.2) is 26.6 Å². The first-order chi connectivity index (χ1) is 13.7. The molecule has 0 radical (unpaired) electrons. The third-order valence-electron chi connectivity index (χ3n) is 5.48. The number of carbonyl (C=O) groups is 1. The van der Waals surface area contributed by atoms with E-state index in [9.17, 15) is 13.2 Å². The van der Waals surface area contributed by atoms with E-state index in [4.69, 9.17) is 0 Å². The van der Waals surface area contributed by atoms with E-state index in [-0.39, 0.29) is 23.6 Å². The molecular formula is C23H30N2O3S. The summed E-state index contributed by atoms with van der Waals surface area (Å²) in [5.41, 5.74) is 4.63. The Kier molecular flexibility index (Phi) is 6.32. The van der Waals surface area contributed by atoms with Crippen molar-refractivity contribution in [3.63, 3.8) is 0 Å². The Labute approximate surface area is 174 Å². The van der Waals surface area contributed by atoms with Crippen LogP contribution in [0, 0.1) is 19.8 Å². The molecule has 2 aromatic carbocycles. The summed E-state index contributed by atoms with van der Waals surface area (Å²) in [4.78, 5) is 12.9. The number of nitrogens with one attached hydrogen (secondary N) is 1. The Morgan fingerprint density at radius 3 is 2.31 bits per heavy atom. The monoisotopic (exact) mass is 414 g/mol. The number of aryl methyl sites for hydroxylation is 2. The predicted molar refractivity (Wildman–Crippen MR) is 118 cm³/mol. The van der Waals surface area contributed by atoms with Crippen molar-refractivity contribution in [3.8, 4) is 0 Å². The van der Waals surface area contributed by atoms with E-state index >= 15 is 0 Å². The van der Waals surface area contributed by atoms with Crippen molar-refractivity contribution in [3.05, 3.63) is 64.7 Å². The molecule has 0 aliphatic carbocycles. The van der Waals surface area contributed by atoms with E-state index < -0.39 is 10.0 Å². The number of nitrogens with zero attached hydrogens (tertiary/aromatic N) is 1. The van der Waals surface area contributed by atoms with Crippen molar-refractivity contribution in [1.29, 1.82) is 0 Å². The summed E-state index contributed by atoms with van der Waals surface area (Å²) in [5.74, 6) is 0.260. The van der Waals surface area contributed by atoms with E-state index in [2.05, 4.69) is 51.2 Å². The van der Waals surface area contributed by atoms with Crippen LogP contribution in [0.5, 0.6) is 0 Å². The standard InChI is InChI=1S/C23H30N2O3S/c1-16(2)22(21-12-7-17(3)15-18(21)4)24-23(26)19-8-10-20(11-9-19)25-13-5-6-14-29(25,27)28/h7-12,15-16,22H,5-6,13-14H2,1-4H3,(H,24,26). The SMILES string of the molecule is Cc1ccc(C(NC(=O)c2ccc(N3CCCCS3(=O)=O)cc2)C(C)C)c(C)c1. The highest BCUT2D eigenvalue weighted by Gasteiger charge is 2.26. The van der Waals surface area contributed by atoms with Crippen molar-refractivity contribution in [2.24, 2.45) is 5.92 Å². The van der Waals surface area contributed by atoms with Crippen LogP contribution in [0.3, 0.4) is 0 Å². The molecule has 0 saturated carbocycles. The number of hydrogen-bond acceptors (Lipinski definition) is 3. The van der Waals surface area contributed by atoms with Gasteiger partial charge in [-0.05, 0) is 68.0 Å². The summed E-state index contributed by atoms with van der Waals surface area (Å²) in [6, 6.07) is 13.0. The summed E-state index contributed by atoms with van der Waals surface area (Å²) < 4.78 is 26.0. The highest BCUT2D eigenvalue weighted by Crippen LogP contribution is 2.27. The first kappa shape index (κ1) is 21.4. The highest BCUT2D eigenvalue weighted by molar-refractivity contribution is 7.92. The van der Waals surface area contributed by atoms with Crippen LogP contribution in [0.1, 0.15) is 59.8 Å². The van der Waals surface area contributed by atoms with Gasteiger partial charge < -0.3 is 5.32 Å². The molecule has 1 atom stereocenters. The zero-order valence-electron chi connectivity index (χ0n) is 17.6. The van der Waals surface area contributed by atoms with Crippen molar-refractivity contribution in [2.45, 2.75) is 46.6 Å². The normalized spacial score (nSPS) is 17.2. The molecule has 29 heavy (non-hydrogen) atoms. The molecule has 1 heterocycles. The van der Waals surface area contributed by atoms with Crippen LogP contribution >= 0.6 is 0 Å². The Morgan fingerprint density at radius 2 is 1.72 bits per heavy atom. The summed E-state index contributed by atoms with van der Waals surface area (Å²) >= 11 is 0. The topological polar surface area (TPSA) is 66.5 Å². The van der Waals surface area contributed by atoms with Gasteiger partial charge in [0, 0.05) is 12.1 Å². The number of amides is 1. The van der Waals surface area contributed by atoms with Gasteiger partial charge in [0.25, 0.3) is 5.91 Å². The average molecular weight is 415 g/mol. The maximum absolute atomic E-state index is 12.9. The number of rotatable bonds is 5. The minimum atomic E-state index is -3.25. The second-order valence-electron chi connectivity index (χ2n) is 8.20. The first-order valence-corrected chi connectivity index (χ1v) is 11.8. The molecule has 156 valence electrons. The van der Waals surface area contributed by atoms with Gasteiger partial charge in [0.05, 0.1) is 17.5 Å². The van der Waals surface area contributed by atoms with E-state index in [0.29, 0.717) is 24.2 Å². The zero-order chi connectivity index (χ0) is 21.2. The van der Waals surface area contributed by atoms with Crippen molar-refractivity contribution in [2.75, 3.05) is 16.6 Å². The number of benzene rings is 2. The van der Waals surface area contributed by atoms with Gasteiger partial charge >= 0.3 is 0 Å². The molecule has 1 aliphatic heterocycles. The van der Waals surface area contributed by atoms with Crippen molar-refractivity contribution in [1.82, 2.24) is 5.32 Å². The lowest BCUT2D eigenvalue weighted by Gasteiger charge is -2.28. The maximum Gasteiger partial charge on any atom is 0.251 e. The average Bonchev–Trinajstić information content (AvgIpc) is 2.66. The van der Waals surface area contributed by atoms with Gasteiger partial charge in [0.1, 0.15) is 0 Å². The lowest BCUT2D eigenvalue weighted by molar-refractivity contribution is 0.0925. The third-order valence-corrected chi connectivity index (χ3v) is 7.35. The van der Waals surface area contributed by atoms with Gasteiger partial charge in [-0.3, -0.25) is 9.10 Å². The second kappa shape index (κ2) is 8.57. The van der Waals surface area contributed by atoms with Crippen LogP contribution in [-0.2, 0) is 10.0 Å². The Hall–Kier alpha value is -2.34. The minimum absolute atomic E-state index is 0.0924. The summed E-state index contributed by atoms with van der Waals surface area (Å²) in [5, 5.41) is 3.15. The molecule has 6 heteroatoms. The van der Waals surface area contributed by atoms with E-state index in [1.54, 1.807) is 24.3 Å². The first-order valence-electron chi connectivity index (χ1n) is 10.2. The van der Waals surface area contributed by atoms with E-state index in [1.807, 2.05) is 0 Å². The molecule has 0 aromatic heterocycles. The lowest BCUT2D eigenvalue weighted by atomic mass is 9.91. The molecule has 0 spiro atoms. The Balaban J connectivity index is 1.79. The molecule has 5 nitrogen and oxygen atoms in total. The van der Waals surface area contributed by atoms with Crippen LogP contribution < -0.4 is 9.62 Å². The molecule has 1 N–H and O–H groups in total. The summed E-state index contributed by atoms with van der Waals surface area (Å²) in [6.45, 7) is 8.81. The largest absolute Gasteiger partial charge is 0.345 e. The maximum atomic E-state index is 12.9. The molecule has 1 aliphatic rings. The van der Waals surface area contributed by atoms with Crippen molar-refractivity contribution >= 4 is 21.6 Å². The lowest BCUT2D eigenvalue weighted by Crippen LogP contribution is -2.37. The van der Waals surface area contributed by atoms with Crippen molar-refractivity contribution < 1.29 is 13.2 Å². The highest BCUT2D eigenvalue weighted by atomic mass is 32.2. The molecule has 2 aromatic rings. The second-order valence-corrected chi connectivity index (χ2v) is 10.2. The van der Waals surface area contributed by atoms with Gasteiger partial charge in [-0.2, -0.15) is 0 Å². The quantitative estimate of drug-likeness (QED) is 0.790. The zero-order valence-corrected chi connectivity index (χ0v) is 18.4. The molecule has 1 saturated heterocycles. The number of hydrogen-bond donors (Lipinski definition) is 1.